The number of hydrogen-bond donors (Lipinski definition) is 1. The van der Waals surface area contributed by atoms with Crippen LogP contribution in [0.25, 0.3) is 11.3 Å². The number of hydrogen-bond acceptors (Lipinski definition) is 5. The largest absolute Gasteiger partial charge is 0.468 e. The third-order valence-electron chi connectivity index (χ3n) is 3.31. The van der Waals surface area contributed by atoms with Crippen molar-refractivity contribution in [3.05, 3.63) is 58.8 Å². The summed E-state index contributed by atoms with van der Waals surface area (Å²) in [7, 11) is 0. The maximum Gasteiger partial charge on any atom is 0.239 e. The highest BCUT2D eigenvalue weighted by molar-refractivity contribution is 7.99. The van der Waals surface area contributed by atoms with Crippen LogP contribution >= 0.6 is 34.7 Å². The number of carbonyl (C=O) groups excluding carboxylic acids is 1. The fraction of sp³-hybridized carbons (Fsp3) is 0.176. The Hall–Kier alpha value is -1.76. The highest BCUT2D eigenvalue weighted by Gasteiger charge is 2.16. The quantitative estimate of drug-likeness (QED) is 0.630. The molecule has 7 heteroatoms. The second-order valence-electron chi connectivity index (χ2n) is 5.04. The molecule has 1 aromatic carbocycles. The molecule has 1 amide bonds. The van der Waals surface area contributed by atoms with Gasteiger partial charge in [0.25, 0.3) is 0 Å². The fourth-order valence-electron chi connectivity index (χ4n) is 2.01. The van der Waals surface area contributed by atoms with Gasteiger partial charge in [0.15, 0.2) is 5.13 Å². The summed E-state index contributed by atoms with van der Waals surface area (Å²) in [5.74, 6) is 1.44. The molecule has 3 rings (SSSR count). The summed E-state index contributed by atoms with van der Waals surface area (Å²) in [6.45, 7) is 1.87. The summed E-state index contributed by atoms with van der Waals surface area (Å²) in [6, 6.07) is 11.2. The van der Waals surface area contributed by atoms with Crippen molar-refractivity contribution in [2.75, 3.05) is 5.32 Å². The Bertz CT molecular complexity index is 818. The molecule has 1 unspecified atom stereocenters. The first-order chi connectivity index (χ1) is 11.6. The number of furan rings is 1. The minimum Gasteiger partial charge on any atom is -0.468 e. The number of thioether (sulfide) groups is 1. The molecule has 0 saturated carbocycles. The molecule has 24 heavy (non-hydrogen) atoms. The van der Waals surface area contributed by atoms with Crippen molar-refractivity contribution in [1.29, 1.82) is 0 Å². The SMILES string of the molecule is CC(SCc1ccco1)C(=O)Nc1nc(-c2ccccc2Cl)cs1. The van der Waals surface area contributed by atoms with Gasteiger partial charge in [0, 0.05) is 16.0 Å². The minimum atomic E-state index is -0.206. The van der Waals surface area contributed by atoms with E-state index in [0.29, 0.717) is 15.9 Å². The highest BCUT2D eigenvalue weighted by atomic mass is 35.5. The first-order valence-electron chi connectivity index (χ1n) is 7.29. The van der Waals surface area contributed by atoms with Crippen molar-refractivity contribution in [2.45, 2.75) is 17.9 Å². The van der Waals surface area contributed by atoms with Gasteiger partial charge in [-0.25, -0.2) is 4.98 Å². The van der Waals surface area contributed by atoms with Crippen LogP contribution in [0.3, 0.4) is 0 Å². The van der Waals surface area contributed by atoms with Crippen LogP contribution < -0.4 is 5.32 Å². The van der Waals surface area contributed by atoms with Gasteiger partial charge in [-0.05, 0) is 25.1 Å². The van der Waals surface area contributed by atoms with E-state index in [4.69, 9.17) is 16.0 Å². The third-order valence-corrected chi connectivity index (χ3v) is 5.56. The normalized spacial score (nSPS) is 12.1. The number of benzene rings is 1. The van der Waals surface area contributed by atoms with Crippen molar-refractivity contribution in [1.82, 2.24) is 4.98 Å². The monoisotopic (exact) mass is 378 g/mol. The van der Waals surface area contributed by atoms with E-state index in [1.807, 2.05) is 48.7 Å². The molecule has 0 saturated heterocycles. The zero-order valence-corrected chi connectivity index (χ0v) is 15.3. The smallest absolute Gasteiger partial charge is 0.239 e. The molecule has 1 atom stereocenters. The van der Waals surface area contributed by atoms with Crippen LogP contribution in [0.5, 0.6) is 0 Å². The van der Waals surface area contributed by atoms with Crippen molar-refractivity contribution in [3.8, 4) is 11.3 Å². The molecule has 0 aliphatic rings. The molecule has 2 aromatic heterocycles. The third kappa shape index (κ3) is 4.20. The summed E-state index contributed by atoms with van der Waals surface area (Å²) in [5, 5.41) is 5.75. The topological polar surface area (TPSA) is 55.1 Å². The molecule has 0 bridgehead atoms. The molecule has 0 spiro atoms. The Morgan fingerprint density at radius 2 is 2.21 bits per heavy atom. The lowest BCUT2D eigenvalue weighted by Gasteiger charge is -2.09. The summed E-state index contributed by atoms with van der Waals surface area (Å²) < 4.78 is 5.27. The Kier molecular flexibility index (Phi) is 5.60. The predicted octanol–water partition coefficient (Wildman–Crippen LogP) is 5.32. The van der Waals surface area contributed by atoms with Gasteiger partial charge in [-0.2, -0.15) is 0 Å². The van der Waals surface area contributed by atoms with Crippen molar-refractivity contribution in [3.63, 3.8) is 0 Å². The van der Waals surface area contributed by atoms with E-state index in [2.05, 4.69) is 10.3 Å². The molecule has 2 heterocycles. The Morgan fingerprint density at radius 1 is 1.38 bits per heavy atom. The number of carbonyl (C=O) groups is 1. The molecule has 1 N–H and O–H groups in total. The number of amides is 1. The van der Waals surface area contributed by atoms with E-state index < -0.39 is 0 Å². The number of anilines is 1. The Morgan fingerprint density at radius 3 is 2.96 bits per heavy atom. The van der Waals surface area contributed by atoms with Gasteiger partial charge in [0.05, 0.1) is 23.0 Å². The van der Waals surface area contributed by atoms with Gasteiger partial charge >= 0.3 is 0 Å². The minimum absolute atomic E-state index is 0.0772. The highest BCUT2D eigenvalue weighted by Crippen LogP contribution is 2.30. The van der Waals surface area contributed by atoms with Gasteiger partial charge in [0.1, 0.15) is 5.76 Å². The van der Waals surface area contributed by atoms with Crippen molar-refractivity contribution in [2.24, 2.45) is 0 Å². The number of nitrogens with zero attached hydrogens (tertiary/aromatic N) is 1. The van der Waals surface area contributed by atoms with Crippen molar-refractivity contribution < 1.29 is 9.21 Å². The second-order valence-corrected chi connectivity index (χ2v) is 7.63. The number of thiazole rings is 1. The second kappa shape index (κ2) is 7.88. The fourth-order valence-corrected chi connectivity index (χ4v) is 3.74. The van der Waals surface area contributed by atoms with E-state index in [1.165, 1.54) is 23.1 Å². The average molecular weight is 379 g/mol. The number of nitrogens with one attached hydrogen (secondary N) is 1. The van der Waals surface area contributed by atoms with E-state index >= 15 is 0 Å². The van der Waals surface area contributed by atoms with Crippen LogP contribution in [0, 0.1) is 0 Å². The maximum atomic E-state index is 12.3. The van der Waals surface area contributed by atoms with E-state index in [1.54, 1.807) is 6.26 Å². The van der Waals surface area contributed by atoms with Crippen LogP contribution in [0.15, 0.2) is 52.5 Å². The van der Waals surface area contributed by atoms with Crippen LogP contribution in [0.2, 0.25) is 5.02 Å². The lowest BCUT2D eigenvalue weighted by atomic mass is 10.2. The zero-order chi connectivity index (χ0) is 16.9. The molecule has 0 aliphatic carbocycles. The summed E-state index contributed by atoms with van der Waals surface area (Å²) in [5.41, 5.74) is 1.62. The van der Waals surface area contributed by atoms with Crippen molar-refractivity contribution >= 4 is 45.7 Å². The zero-order valence-electron chi connectivity index (χ0n) is 12.9. The molecule has 0 radical (unpaired) electrons. The van der Waals surface area contributed by atoms with E-state index in [9.17, 15) is 4.79 Å². The van der Waals surface area contributed by atoms with Crippen LogP contribution in [0.4, 0.5) is 5.13 Å². The number of halogens is 1. The van der Waals surface area contributed by atoms with Gasteiger partial charge < -0.3 is 9.73 Å². The van der Waals surface area contributed by atoms with Gasteiger partial charge in [-0.1, -0.05) is 29.8 Å². The van der Waals surface area contributed by atoms with Crippen LogP contribution in [-0.2, 0) is 10.5 Å². The average Bonchev–Trinajstić information content (AvgIpc) is 3.24. The first-order valence-corrected chi connectivity index (χ1v) is 9.59. The molecular weight excluding hydrogens is 364 g/mol. The summed E-state index contributed by atoms with van der Waals surface area (Å²) in [4.78, 5) is 16.7. The molecule has 4 nitrogen and oxygen atoms in total. The molecule has 0 fully saturated rings. The number of aromatic nitrogens is 1. The molecule has 0 aliphatic heterocycles. The van der Waals surface area contributed by atoms with Crippen LogP contribution in [-0.4, -0.2) is 16.1 Å². The van der Waals surface area contributed by atoms with E-state index in [0.717, 1.165) is 17.0 Å². The lowest BCUT2D eigenvalue weighted by Crippen LogP contribution is -2.22. The standard InChI is InChI=1S/C17H15ClN2O2S2/c1-11(23-9-12-5-4-8-22-12)16(21)20-17-19-15(10-24-17)13-6-2-3-7-14(13)18/h2-8,10-11H,9H2,1H3,(H,19,20,21). The van der Waals surface area contributed by atoms with Gasteiger partial charge in [-0.15, -0.1) is 23.1 Å². The van der Waals surface area contributed by atoms with Gasteiger partial charge in [-0.3, -0.25) is 4.79 Å². The summed E-state index contributed by atoms with van der Waals surface area (Å²) >= 11 is 9.08. The molecule has 3 aromatic rings. The maximum absolute atomic E-state index is 12.3. The Balaban J connectivity index is 1.59. The predicted molar refractivity (Wildman–Crippen MR) is 101 cm³/mol. The Labute approximate surface area is 153 Å². The number of rotatable bonds is 6. The molecular formula is C17H15ClN2O2S2. The van der Waals surface area contributed by atoms with Crippen LogP contribution in [0.1, 0.15) is 12.7 Å². The summed E-state index contributed by atoms with van der Waals surface area (Å²) in [6.07, 6.45) is 1.63. The first kappa shape index (κ1) is 17.1. The van der Waals surface area contributed by atoms with E-state index in [-0.39, 0.29) is 11.2 Å². The van der Waals surface area contributed by atoms with Gasteiger partial charge in [0.2, 0.25) is 5.91 Å². The lowest BCUT2D eigenvalue weighted by molar-refractivity contribution is -0.115. The molecule has 124 valence electrons.